The number of carbonyl (C=O) groups excluding carboxylic acids is 1. The molecule has 2 nitrogen and oxygen atoms in total. The normalized spacial score (nSPS) is 18.8. The van der Waals surface area contributed by atoms with Crippen molar-refractivity contribution in [3.63, 3.8) is 0 Å². The molecule has 0 saturated heterocycles. The van der Waals surface area contributed by atoms with Gasteiger partial charge in [-0.15, -0.1) is 0 Å². The van der Waals surface area contributed by atoms with Crippen LogP contribution in [-0.2, 0) is 4.79 Å². The lowest BCUT2D eigenvalue weighted by Gasteiger charge is -2.22. The Labute approximate surface area is 83.6 Å². The van der Waals surface area contributed by atoms with Gasteiger partial charge in [-0.2, -0.15) is 0 Å². The van der Waals surface area contributed by atoms with Crippen LogP contribution in [0.2, 0.25) is 0 Å². The van der Waals surface area contributed by atoms with Gasteiger partial charge in [0.2, 0.25) is 5.91 Å². The molecule has 1 aromatic rings. The van der Waals surface area contributed by atoms with E-state index in [9.17, 15) is 4.79 Å². The Balaban J connectivity index is 2.31. The first-order valence-corrected chi connectivity index (χ1v) is 4.80. The SMILES string of the molecule is CC(=O)NC1CC=Cc2ccccc21. The van der Waals surface area contributed by atoms with Gasteiger partial charge in [-0.05, 0) is 17.5 Å². The molecule has 1 unspecified atom stereocenters. The van der Waals surface area contributed by atoms with Crippen molar-refractivity contribution < 1.29 is 4.79 Å². The van der Waals surface area contributed by atoms with Gasteiger partial charge in [-0.3, -0.25) is 4.79 Å². The van der Waals surface area contributed by atoms with Gasteiger partial charge in [0.15, 0.2) is 0 Å². The lowest BCUT2D eigenvalue weighted by atomic mass is 9.93. The summed E-state index contributed by atoms with van der Waals surface area (Å²) in [4.78, 5) is 11.0. The van der Waals surface area contributed by atoms with Gasteiger partial charge in [-0.1, -0.05) is 36.4 Å². The molecule has 1 atom stereocenters. The summed E-state index contributed by atoms with van der Waals surface area (Å²) in [5.41, 5.74) is 2.42. The first kappa shape index (κ1) is 9.00. The smallest absolute Gasteiger partial charge is 0.217 e. The molecule has 0 aliphatic heterocycles. The third-order valence-corrected chi connectivity index (χ3v) is 2.42. The molecule has 1 amide bonds. The van der Waals surface area contributed by atoms with E-state index in [1.165, 1.54) is 11.1 Å². The maximum absolute atomic E-state index is 11.0. The average Bonchev–Trinajstić information content (AvgIpc) is 2.18. The summed E-state index contributed by atoms with van der Waals surface area (Å²) in [6, 6.07) is 8.31. The Morgan fingerprint density at radius 1 is 1.43 bits per heavy atom. The number of rotatable bonds is 1. The minimum Gasteiger partial charge on any atom is -0.349 e. The van der Waals surface area contributed by atoms with Crippen LogP contribution < -0.4 is 5.32 Å². The third-order valence-electron chi connectivity index (χ3n) is 2.42. The fourth-order valence-electron chi connectivity index (χ4n) is 1.82. The molecule has 1 aromatic carbocycles. The monoisotopic (exact) mass is 187 g/mol. The molecule has 1 aliphatic carbocycles. The summed E-state index contributed by atoms with van der Waals surface area (Å²) >= 11 is 0. The average molecular weight is 187 g/mol. The first-order chi connectivity index (χ1) is 6.77. The van der Waals surface area contributed by atoms with E-state index in [0.717, 1.165) is 6.42 Å². The Bertz CT molecular complexity index is 382. The van der Waals surface area contributed by atoms with Gasteiger partial charge in [0.05, 0.1) is 6.04 Å². The number of hydrogen-bond donors (Lipinski definition) is 1. The summed E-state index contributed by atoms with van der Waals surface area (Å²) in [7, 11) is 0. The number of hydrogen-bond acceptors (Lipinski definition) is 1. The van der Waals surface area contributed by atoms with Gasteiger partial charge in [0, 0.05) is 6.92 Å². The van der Waals surface area contributed by atoms with Crippen molar-refractivity contribution in [1.82, 2.24) is 5.32 Å². The zero-order chi connectivity index (χ0) is 9.97. The van der Waals surface area contributed by atoms with Gasteiger partial charge in [0.25, 0.3) is 0 Å². The molecule has 0 radical (unpaired) electrons. The minimum atomic E-state index is 0.0279. The molecule has 2 rings (SSSR count). The molecular weight excluding hydrogens is 174 g/mol. The van der Waals surface area contributed by atoms with Crippen LogP contribution >= 0.6 is 0 Å². The molecule has 0 saturated carbocycles. The molecule has 1 aliphatic rings. The summed E-state index contributed by atoms with van der Waals surface area (Å²) in [5.74, 6) is 0.0279. The standard InChI is InChI=1S/C12H13NO/c1-9(14)13-12-8-4-6-10-5-2-3-7-11(10)12/h2-7,12H,8H2,1H3,(H,13,14). The van der Waals surface area contributed by atoms with E-state index < -0.39 is 0 Å². The summed E-state index contributed by atoms with van der Waals surface area (Å²) < 4.78 is 0. The van der Waals surface area contributed by atoms with E-state index in [1.807, 2.05) is 12.1 Å². The number of nitrogens with one attached hydrogen (secondary N) is 1. The van der Waals surface area contributed by atoms with E-state index in [-0.39, 0.29) is 11.9 Å². The Hall–Kier alpha value is -1.57. The van der Waals surface area contributed by atoms with E-state index in [4.69, 9.17) is 0 Å². The molecule has 14 heavy (non-hydrogen) atoms. The van der Waals surface area contributed by atoms with E-state index in [1.54, 1.807) is 6.92 Å². The predicted molar refractivity (Wildman–Crippen MR) is 56.7 cm³/mol. The Morgan fingerprint density at radius 2 is 2.21 bits per heavy atom. The molecule has 2 heteroatoms. The highest BCUT2D eigenvalue weighted by molar-refractivity contribution is 5.74. The van der Waals surface area contributed by atoms with Crippen LogP contribution in [0.1, 0.15) is 30.5 Å². The molecule has 72 valence electrons. The van der Waals surface area contributed by atoms with E-state index in [2.05, 4.69) is 29.6 Å². The number of amides is 1. The van der Waals surface area contributed by atoms with Gasteiger partial charge in [-0.25, -0.2) is 0 Å². The van der Waals surface area contributed by atoms with Crippen molar-refractivity contribution in [3.8, 4) is 0 Å². The number of benzene rings is 1. The molecule has 0 bridgehead atoms. The zero-order valence-electron chi connectivity index (χ0n) is 8.16. The minimum absolute atomic E-state index is 0.0279. The van der Waals surface area contributed by atoms with Crippen LogP contribution in [0.3, 0.4) is 0 Å². The van der Waals surface area contributed by atoms with Crippen molar-refractivity contribution >= 4 is 12.0 Å². The fourth-order valence-corrected chi connectivity index (χ4v) is 1.82. The highest BCUT2D eigenvalue weighted by atomic mass is 16.1. The number of fused-ring (bicyclic) bond motifs is 1. The Morgan fingerprint density at radius 3 is 3.00 bits per heavy atom. The van der Waals surface area contributed by atoms with Crippen molar-refractivity contribution in [2.75, 3.05) is 0 Å². The highest BCUT2D eigenvalue weighted by Crippen LogP contribution is 2.27. The van der Waals surface area contributed by atoms with E-state index in [0.29, 0.717) is 0 Å². The Kier molecular flexibility index (Phi) is 2.35. The molecule has 0 fully saturated rings. The fraction of sp³-hybridized carbons (Fsp3) is 0.250. The first-order valence-electron chi connectivity index (χ1n) is 4.80. The van der Waals surface area contributed by atoms with Crippen LogP contribution in [0.4, 0.5) is 0 Å². The second-order valence-corrected chi connectivity index (χ2v) is 3.52. The molecule has 0 aromatic heterocycles. The lowest BCUT2D eigenvalue weighted by Crippen LogP contribution is -2.27. The van der Waals surface area contributed by atoms with Crippen molar-refractivity contribution in [2.24, 2.45) is 0 Å². The van der Waals surface area contributed by atoms with Crippen LogP contribution in [0, 0.1) is 0 Å². The van der Waals surface area contributed by atoms with Crippen molar-refractivity contribution in [1.29, 1.82) is 0 Å². The summed E-state index contributed by atoms with van der Waals surface area (Å²) in [6.07, 6.45) is 5.09. The molecule has 1 N–H and O–H groups in total. The lowest BCUT2D eigenvalue weighted by molar-refractivity contribution is -0.119. The van der Waals surface area contributed by atoms with Crippen LogP contribution in [0.15, 0.2) is 30.3 Å². The summed E-state index contributed by atoms with van der Waals surface area (Å²) in [5, 5.41) is 2.95. The van der Waals surface area contributed by atoms with Gasteiger partial charge < -0.3 is 5.32 Å². The second-order valence-electron chi connectivity index (χ2n) is 3.52. The van der Waals surface area contributed by atoms with Gasteiger partial charge in [0.1, 0.15) is 0 Å². The van der Waals surface area contributed by atoms with Crippen LogP contribution in [-0.4, -0.2) is 5.91 Å². The maximum Gasteiger partial charge on any atom is 0.217 e. The van der Waals surface area contributed by atoms with Crippen molar-refractivity contribution in [2.45, 2.75) is 19.4 Å². The van der Waals surface area contributed by atoms with Crippen molar-refractivity contribution in [3.05, 3.63) is 41.5 Å². The van der Waals surface area contributed by atoms with E-state index >= 15 is 0 Å². The largest absolute Gasteiger partial charge is 0.349 e. The second kappa shape index (κ2) is 3.66. The topological polar surface area (TPSA) is 29.1 Å². The third kappa shape index (κ3) is 1.69. The molecule has 0 heterocycles. The van der Waals surface area contributed by atoms with Crippen LogP contribution in [0.25, 0.3) is 6.08 Å². The quantitative estimate of drug-likeness (QED) is 0.718. The predicted octanol–water partition coefficient (Wildman–Crippen LogP) is 2.28. The van der Waals surface area contributed by atoms with Crippen LogP contribution in [0.5, 0.6) is 0 Å². The molecule has 0 spiro atoms. The highest BCUT2D eigenvalue weighted by Gasteiger charge is 2.16. The number of carbonyl (C=O) groups is 1. The molecular formula is C12H13NO. The summed E-state index contributed by atoms with van der Waals surface area (Å²) in [6.45, 7) is 1.56. The zero-order valence-corrected chi connectivity index (χ0v) is 8.16. The maximum atomic E-state index is 11.0. The van der Waals surface area contributed by atoms with Gasteiger partial charge >= 0.3 is 0 Å².